The lowest BCUT2D eigenvalue weighted by molar-refractivity contribution is -0.101. The maximum absolute atomic E-state index is 6.38. The Balaban J connectivity index is 2.06. The quantitative estimate of drug-likeness (QED) is 0.822. The van der Waals surface area contributed by atoms with Gasteiger partial charge in [0.25, 0.3) is 0 Å². The lowest BCUT2D eigenvalue weighted by Crippen LogP contribution is -2.45. The first-order valence-corrected chi connectivity index (χ1v) is 11.2. The standard InChI is InChI=1S/C18H31NO2Si/c1-17(2,3)22(4,5)21-14-12-18(11-13-19-15-20-18)16-9-7-6-8-10-16/h6-10,19H,11-15H2,1-5H3. The highest BCUT2D eigenvalue weighted by molar-refractivity contribution is 6.74. The van der Waals surface area contributed by atoms with Gasteiger partial charge >= 0.3 is 0 Å². The van der Waals surface area contributed by atoms with Gasteiger partial charge in [0, 0.05) is 19.6 Å². The summed E-state index contributed by atoms with van der Waals surface area (Å²) in [6.45, 7) is 13.9. The number of rotatable bonds is 5. The molecule has 124 valence electrons. The Labute approximate surface area is 136 Å². The van der Waals surface area contributed by atoms with E-state index in [0.717, 1.165) is 26.0 Å². The molecule has 1 atom stereocenters. The van der Waals surface area contributed by atoms with Crippen LogP contribution in [0.15, 0.2) is 30.3 Å². The molecule has 3 nitrogen and oxygen atoms in total. The van der Waals surface area contributed by atoms with E-state index in [-0.39, 0.29) is 10.6 Å². The minimum Gasteiger partial charge on any atom is -0.417 e. The first kappa shape index (κ1) is 17.7. The molecule has 0 saturated carbocycles. The fourth-order valence-electron chi connectivity index (χ4n) is 2.62. The highest BCUT2D eigenvalue weighted by atomic mass is 28.4. The monoisotopic (exact) mass is 321 g/mol. The van der Waals surface area contributed by atoms with Crippen LogP contribution < -0.4 is 5.32 Å². The number of nitrogens with one attached hydrogen (secondary N) is 1. The van der Waals surface area contributed by atoms with E-state index < -0.39 is 8.32 Å². The molecule has 1 aromatic carbocycles. The van der Waals surface area contributed by atoms with Gasteiger partial charge in [-0.2, -0.15) is 0 Å². The normalized spacial score (nSPS) is 23.5. The lowest BCUT2D eigenvalue weighted by atomic mass is 9.86. The van der Waals surface area contributed by atoms with Crippen LogP contribution in [0.2, 0.25) is 18.1 Å². The molecule has 0 radical (unpaired) electrons. The van der Waals surface area contributed by atoms with Crippen LogP contribution in [-0.4, -0.2) is 28.2 Å². The second kappa shape index (κ2) is 6.83. The average molecular weight is 322 g/mol. The van der Waals surface area contributed by atoms with E-state index in [1.807, 2.05) is 0 Å². The molecule has 1 aromatic rings. The first-order valence-electron chi connectivity index (χ1n) is 8.31. The predicted octanol–water partition coefficient (Wildman–Crippen LogP) is 4.26. The average Bonchev–Trinajstić information content (AvgIpc) is 2.48. The highest BCUT2D eigenvalue weighted by Crippen LogP contribution is 2.39. The fourth-order valence-corrected chi connectivity index (χ4v) is 3.67. The van der Waals surface area contributed by atoms with Crippen LogP contribution in [0.25, 0.3) is 0 Å². The summed E-state index contributed by atoms with van der Waals surface area (Å²) in [7, 11) is -1.69. The molecule has 22 heavy (non-hydrogen) atoms. The molecule has 0 aromatic heterocycles. The van der Waals surface area contributed by atoms with Crippen molar-refractivity contribution < 1.29 is 9.16 Å². The maximum Gasteiger partial charge on any atom is 0.191 e. The van der Waals surface area contributed by atoms with Crippen molar-refractivity contribution in [3.8, 4) is 0 Å². The van der Waals surface area contributed by atoms with Crippen molar-refractivity contribution in [1.82, 2.24) is 5.32 Å². The van der Waals surface area contributed by atoms with Gasteiger partial charge in [-0.15, -0.1) is 0 Å². The zero-order chi connectivity index (χ0) is 16.3. The second-order valence-corrected chi connectivity index (χ2v) is 12.6. The molecule has 0 bridgehead atoms. The van der Waals surface area contributed by atoms with E-state index in [1.54, 1.807) is 0 Å². The molecule has 0 amide bonds. The number of ether oxygens (including phenoxy) is 1. The van der Waals surface area contributed by atoms with Crippen LogP contribution in [0.1, 0.15) is 39.2 Å². The molecule has 0 spiro atoms. The summed E-state index contributed by atoms with van der Waals surface area (Å²) in [6, 6.07) is 10.6. The zero-order valence-electron chi connectivity index (χ0n) is 14.7. The third-order valence-corrected chi connectivity index (χ3v) is 9.77. The van der Waals surface area contributed by atoms with Crippen molar-refractivity contribution in [2.45, 2.75) is 57.3 Å². The van der Waals surface area contributed by atoms with Gasteiger partial charge < -0.3 is 9.16 Å². The minimum absolute atomic E-state index is 0.200. The van der Waals surface area contributed by atoms with Crippen molar-refractivity contribution in [2.24, 2.45) is 0 Å². The van der Waals surface area contributed by atoms with E-state index in [2.05, 4.69) is 69.5 Å². The molecule has 1 aliphatic heterocycles. The van der Waals surface area contributed by atoms with E-state index in [1.165, 1.54) is 5.56 Å². The van der Waals surface area contributed by atoms with Gasteiger partial charge in [0.15, 0.2) is 8.32 Å². The van der Waals surface area contributed by atoms with Gasteiger partial charge in [-0.05, 0) is 30.1 Å². The van der Waals surface area contributed by atoms with E-state index >= 15 is 0 Å². The van der Waals surface area contributed by atoms with Gasteiger partial charge in [0.2, 0.25) is 0 Å². The third kappa shape index (κ3) is 3.99. The summed E-state index contributed by atoms with van der Waals surface area (Å²) < 4.78 is 12.6. The highest BCUT2D eigenvalue weighted by Gasteiger charge is 2.39. The molecule has 4 heteroatoms. The van der Waals surface area contributed by atoms with Crippen LogP contribution in [0.5, 0.6) is 0 Å². The molecule has 1 saturated heterocycles. The molecule has 2 rings (SSSR count). The number of hydrogen-bond acceptors (Lipinski definition) is 3. The van der Waals surface area contributed by atoms with E-state index in [9.17, 15) is 0 Å². The molecular formula is C18H31NO2Si. The first-order chi connectivity index (χ1) is 10.3. The molecule has 1 N–H and O–H groups in total. The van der Waals surface area contributed by atoms with Crippen molar-refractivity contribution in [3.63, 3.8) is 0 Å². The maximum atomic E-state index is 6.38. The Morgan fingerprint density at radius 1 is 1.23 bits per heavy atom. The Morgan fingerprint density at radius 3 is 2.45 bits per heavy atom. The van der Waals surface area contributed by atoms with Crippen LogP contribution in [0.4, 0.5) is 0 Å². The summed E-state index contributed by atoms with van der Waals surface area (Å²) in [6.07, 6.45) is 1.92. The third-order valence-electron chi connectivity index (χ3n) is 5.23. The van der Waals surface area contributed by atoms with Crippen molar-refractivity contribution in [2.75, 3.05) is 19.9 Å². The Bertz CT molecular complexity index is 462. The van der Waals surface area contributed by atoms with E-state index in [0.29, 0.717) is 6.73 Å². The van der Waals surface area contributed by atoms with E-state index in [4.69, 9.17) is 9.16 Å². The van der Waals surface area contributed by atoms with Gasteiger partial charge in [-0.25, -0.2) is 0 Å². The SMILES string of the molecule is CC(C)(C)[Si](C)(C)OCCC1(c2ccccc2)CCNCO1. The van der Waals surface area contributed by atoms with Gasteiger partial charge in [-0.3, -0.25) is 5.32 Å². The predicted molar refractivity (Wildman–Crippen MR) is 94.5 cm³/mol. The topological polar surface area (TPSA) is 30.5 Å². The summed E-state index contributed by atoms with van der Waals surface area (Å²) in [5.41, 5.74) is 1.07. The summed E-state index contributed by atoms with van der Waals surface area (Å²) in [5, 5.41) is 3.54. The number of hydrogen-bond donors (Lipinski definition) is 1. The van der Waals surface area contributed by atoms with Crippen molar-refractivity contribution in [3.05, 3.63) is 35.9 Å². The molecule has 0 aliphatic carbocycles. The van der Waals surface area contributed by atoms with Crippen LogP contribution in [-0.2, 0) is 14.8 Å². The Morgan fingerprint density at radius 2 is 1.91 bits per heavy atom. The largest absolute Gasteiger partial charge is 0.417 e. The lowest BCUT2D eigenvalue weighted by Gasteiger charge is -2.41. The molecule has 1 heterocycles. The second-order valence-electron chi connectivity index (χ2n) is 7.76. The number of benzene rings is 1. The van der Waals surface area contributed by atoms with Gasteiger partial charge in [0.05, 0.1) is 12.3 Å². The van der Waals surface area contributed by atoms with Crippen LogP contribution >= 0.6 is 0 Å². The molecule has 1 aliphatic rings. The fraction of sp³-hybridized carbons (Fsp3) is 0.667. The smallest absolute Gasteiger partial charge is 0.191 e. The zero-order valence-corrected chi connectivity index (χ0v) is 15.7. The minimum atomic E-state index is -1.69. The van der Waals surface area contributed by atoms with Crippen molar-refractivity contribution in [1.29, 1.82) is 0 Å². The van der Waals surface area contributed by atoms with Gasteiger partial charge in [0.1, 0.15) is 0 Å². The van der Waals surface area contributed by atoms with Crippen LogP contribution in [0, 0.1) is 0 Å². The Kier molecular flexibility index (Phi) is 5.48. The Hall–Kier alpha value is -0.683. The summed E-state index contributed by atoms with van der Waals surface area (Å²) in [4.78, 5) is 0. The molecule has 1 fully saturated rings. The van der Waals surface area contributed by atoms with Crippen LogP contribution in [0.3, 0.4) is 0 Å². The molecular weight excluding hydrogens is 290 g/mol. The van der Waals surface area contributed by atoms with Crippen molar-refractivity contribution >= 4 is 8.32 Å². The van der Waals surface area contributed by atoms with Gasteiger partial charge in [-0.1, -0.05) is 51.1 Å². The molecule has 1 unspecified atom stereocenters. The summed E-state index contributed by atoms with van der Waals surface area (Å²) >= 11 is 0. The summed E-state index contributed by atoms with van der Waals surface area (Å²) in [5.74, 6) is 0.